The fourth-order valence-electron chi connectivity index (χ4n) is 2.01. The Bertz CT molecular complexity index is 623. The maximum Gasteiger partial charge on any atom is 0.513 e. The molecular weight excluding hydrogens is 268 g/mol. The molecular formula is C13H15BF3N2O-. The number of rotatable bonds is 4. The summed E-state index contributed by atoms with van der Waals surface area (Å²) in [4.78, 5) is 0. The summed E-state index contributed by atoms with van der Waals surface area (Å²) in [5, 5.41) is 4.13. The van der Waals surface area contributed by atoms with Crippen LogP contribution in [0.4, 0.5) is 12.9 Å². The van der Waals surface area contributed by atoms with Crippen LogP contribution in [0.1, 0.15) is 17.0 Å². The Labute approximate surface area is 115 Å². The summed E-state index contributed by atoms with van der Waals surface area (Å²) < 4.78 is 45.9. The van der Waals surface area contributed by atoms with Crippen LogP contribution in [-0.4, -0.2) is 16.8 Å². The molecule has 0 saturated heterocycles. The third-order valence-corrected chi connectivity index (χ3v) is 2.99. The zero-order chi connectivity index (χ0) is 14.9. The second kappa shape index (κ2) is 5.23. The molecule has 2 aromatic rings. The summed E-state index contributed by atoms with van der Waals surface area (Å²) in [5.41, 5.74) is 1.39. The molecule has 0 unspecified atom stereocenters. The topological polar surface area (TPSA) is 27.1 Å². The van der Waals surface area contributed by atoms with E-state index in [9.17, 15) is 12.9 Å². The van der Waals surface area contributed by atoms with Gasteiger partial charge >= 0.3 is 6.98 Å². The summed E-state index contributed by atoms with van der Waals surface area (Å²) in [6.07, 6.45) is 0. The second-order valence-electron chi connectivity index (χ2n) is 4.81. The lowest BCUT2D eigenvalue weighted by Gasteiger charge is -2.20. The number of nitrogens with zero attached hydrogens (tertiary/aromatic N) is 2. The highest BCUT2D eigenvalue weighted by molar-refractivity contribution is 6.74. The predicted octanol–water partition coefficient (Wildman–Crippen LogP) is 2.67. The van der Waals surface area contributed by atoms with Gasteiger partial charge in [-0.3, -0.25) is 4.68 Å². The minimum atomic E-state index is -5.09. The molecule has 0 bridgehead atoms. The number of ether oxygens (including phenoxy) is 1. The van der Waals surface area contributed by atoms with Gasteiger partial charge < -0.3 is 17.7 Å². The average molecular weight is 283 g/mol. The number of aromatic nitrogens is 2. The Hall–Kier alpha value is -1.92. The Morgan fingerprint density at radius 2 is 1.90 bits per heavy atom. The van der Waals surface area contributed by atoms with Crippen LogP contribution in [0.3, 0.4) is 0 Å². The van der Waals surface area contributed by atoms with E-state index >= 15 is 0 Å². The SMILES string of the molecule is Cc1ccc(OCc2cc(C)nn2C)c([B-](F)(F)F)c1. The molecule has 7 heteroatoms. The van der Waals surface area contributed by atoms with Gasteiger partial charge in [0.2, 0.25) is 0 Å². The highest BCUT2D eigenvalue weighted by Crippen LogP contribution is 2.20. The minimum absolute atomic E-state index is 0.0551. The summed E-state index contributed by atoms with van der Waals surface area (Å²) in [5.74, 6) is -0.137. The van der Waals surface area contributed by atoms with Crippen LogP contribution in [0, 0.1) is 13.8 Å². The van der Waals surface area contributed by atoms with Crippen LogP contribution in [0.2, 0.25) is 0 Å². The van der Waals surface area contributed by atoms with E-state index in [0.29, 0.717) is 5.56 Å². The molecule has 1 aromatic carbocycles. The standard InChI is InChI=1S/C13H15BF3N2O/c1-9-4-5-13(12(6-9)14(15,16)17)20-8-11-7-10(2)18-19(11)3/h4-7H,8H2,1-3H3/q-1. The fourth-order valence-corrected chi connectivity index (χ4v) is 2.01. The van der Waals surface area contributed by atoms with E-state index in [1.807, 2.05) is 6.92 Å². The lowest BCUT2D eigenvalue weighted by atomic mass is 9.78. The number of hydrogen-bond donors (Lipinski definition) is 0. The molecule has 20 heavy (non-hydrogen) atoms. The molecule has 0 aliphatic carbocycles. The molecule has 3 nitrogen and oxygen atoms in total. The van der Waals surface area contributed by atoms with Gasteiger partial charge in [0.25, 0.3) is 0 Å². The van der Waals surface area contributed by atoms with Crippen molar-refractivity contribution in [3.63, 3.8) is 0 Å². The van der Waals surface area contributed by atoms with Crippen LogP contribution in [-0.2, 0) is 13.7 Å². The third-order valence-electron chi connectivity index (χ3n) is 2.99. The van der Waals surface area contributed by atoms with Crippen LogP contribution in [0.5, 0.6) is 5.75 Å². The zero-order valence-electron chi connectivity index (χ0n) is 11.5. The summed E-state index contributed by atoms with van der Waals surface area (Å²) >= 11 is 0. The Kier molecular flexibility index (Phi) is 3.79. The summed E-state index contributed by atoms with van der Waals surface area (Å²) in [7, 11) is 1.73. The van der Waals surface area contributed by atoms with Gasteiger partial charge in [0.15, 0.2) is 0 Å². The highest BCUT2D eigenvalue weighted by atomic mass is 19.4. The van der Waals surface area contributed by atoms with Gasteiger partial charge in [-0.05, 0) is 26.0 Å². The van der Waals surface area contributed by atoms with E-state index in [1.54, 1.807) is 30.8 Å². The molecule has 0 amide bonds. The van der Waals surface area contributed by atoms with Crippen molar-refractivity contribution in [3.05, 3.63) is 41.2 Å². The number of aryl methyl sites for hydroxylation is 3. The first kappa shape index (κ1) is 14.5. The van der Waals surface area contributed by atoms with Gasteiger partial charge in [0, 0.05) is 7.05 Å². The molecule has 108 valence electrons. The molecule has 1 aromatic heterocycles. The molecule has 0 aliphatic rings. The maximum absolute atomic E-state index is 13.0. The van der Waals surface area contributed by atoms with E-state index in [4.69, 9.17) is 4.74 Å². The lowest BCUT2D eigenvalue weighted by Crippen LogP contribution is -2.35. The number of halogens is 3. The van der Waals surface area contributed by atoms with Crippen molar-refractivity contribution in [2.45, 2.75) is 20.5 Å². The van der Waals surface area contributed by atoms with E-state index in [1.165, 1.54) is 6.07 Å². The van der Waals surface area contributed by atoms with Crippen molar-refractivity contribution in [1.82, 2.24) is 9.78 Å². The maximum atomic E-state index is 13.0. The van der Waals surface area contributed by atoms with Crippen molar-refractivity contribution < 1.29 is 17.7 Å². The molecule has 2 rings (SSSR count). The Morgan fingerprint density at radius 1 is 1.20 bits per heavy atom. The third kappa shape index (κ3) is 3.15. The van der Waals surface area contributed by atoms with Gasteiger partial charge in [0.05, 0.1) is 17.1 Å². The van der Waals surface area contributed by atoms with Crippen LogP contribution in [0.15, 0.2) is 24.3 Å². The molecule has 1 heterocycles. The van der Waals surface area contributed by atoms with E-state index in [-0.39, 0.29) is 12.4 Å². The quantitative estimate of drug-likeness (QED) is 0.807. The van der Waals surface area contributed by atoms with Crippen LogP contribution < -0.4 is 10.2 Å². The lowest BCUT2D eigenvalue weighted by molar-refractivity contribution is 0.295. The van der Waals surface area contributed by atoms with Crippen molar-refractivity contribution in [2.24, 2.45) is 7.05 Å². The summed E-state index contributed by atoms with van der Waals surface area (Å²) in [6.45, 7) is -1.59. The molecule has 0 radical (unpaired) electrons. The monoisotopic (exact) mass is 283 g/mol. The normalized spacial score (nSPS) is 11.7. The Morgan fingerprint density at radius 3 is 2.45 bits per heavy atom. The average Bonchev–Trinajstić information content (AvgIpc) is 2.65. The fraction of sp³-hybridized carbons (Fsp3) is 0.308. The molecule has 0 fully saturated rings. The first-order valence-electron chi connectivity index (χ1n) is 6.20. The van der Waals surface area contributed by atoms with Gasteiger partial charge in [-0.1, -0.05) is 23.2 Å². The molecule has 0 saturated carbocycles. The molecule has 0 spiro atoms. The smallest absolute Gasteiger partial charge is 0.490 e. The van der Waals surface area contributed by atoms with Gasteiger partial charge in [-0.25, -0.2) is 0 Å². The minimum Gasteiger partial charge on any atom is -0.490 e. The van der Waals surface area contributed by atoms with E-state index in [2.05, 4.69) is 5.10 Å². The second-order valence-corrected chi connectivity index (χ2v) is 4.81. The summed E-state index contributed by atoms with van der Waals surface area (Å²) in [6, 6.07) is 5.87. The molecule has 0 aliphatic heterocycles. The Balaban J connectivity index is 2.23. The largest absolute Gasteiger partial charge is 0.513 e. The van der Waals surface area contributed by atoms with Crippen molar-refractivity contribution in [1.29, 1.82) is 0 Å². The van der Waals surface area contributed by atoms with Crippen LogP contribution >= 0.6 is 0 Å². The van der Waals surface area contributed by atoms with Crippen molar-refractivity contribution >= 4 is 12.4 Å². The van der Waals surface area contributed by atoms with E-state index in [0.717, 1.165) is 17.5 Å². The van der Waals surface area contributed by atoms with Gasteiger partial charge in [0.1, 0.15) is 6.61 Å². The van der Waals surface area contributed by atoms with E-state index < -0.39 is 12.4 Å². The van der Waals surface area contributed by atoms with Gasteiger partial charge in [-0.2, -0.15) is 5.10 Å². The molecule has 0 atom stereocenters. The van der Waals surface area contributed by atoms with Crippen molar-refractivity contribution in [3.8, 4) is 5.75 Å². The van der Waals surface area contributed by atoms with Crippen LogP contribution in [0.25, 0.3) is 0 Å². The first-order chi connectivity index (χ1) is 9.27. The first-order valence-corrected chi connectivity index (χ1v) is 6.20. The predicted molar refractivity (Wildman–Crippen MR) is 72.2 cm³/mol. The highest BCUT2D eigenvalue weighted by Gasteiger charge is 2.29. The van der Waals surface area contributed by atoms with Gasteiger partial charge in [-0.15, -0.1) is 0 Å². The number of hydrogen-bond acceptors (Lipinski definition) is 2. The number of benzene rings is 1. The zero-order valence-corrected chi connectivity index (χ0v) is 11.5. The van der Waals surface area contributed by atoms with Crippen molar-refractivity contribution in [2.75, 3.05) is 0 Å². The molecule has 0 N–H and O–H groups in total.